The van der Waals surface area contributed by atoms with Crippen LogP contribution >= 0.6 is 0 Å². The number of amides is 1. The molecule has 3 aromatic heterocycles. The van der Waals surface area contributed by atoms with Crippen molar-refractivity contribution in [2.24, 2.45) is 0 Å². The van der Waals surface area contributed by atoms with E-state index in [0.717, 1.165) is 31.6 Å². The van der Waals surface area contributed by atoms with Crippen LogP contribution in [0.25, 0.3) is 22.2 Å². The quantitative estimate of drug-likeness (QED) is 0.443. The third kappa shape index (κ3) is 4.70. The highest BCUT2D eigenvalue weighted by Gasteiger charge is 2.20. The molecule has 4 heterocycles. The number of pyridine rings is 1. The number of nitrogens with one attached hydrogen (secondary N) is 1. The fraction of sp³-hybridized carbons (Fsp3) is 0.280. The third-order valence-corrected chi connectivity index (χ3v) is 5.79. The number of anilines is 1. The molecular formula is C25H26N6O2. The van der Waals surface area contributed by atoms with E-state index in [-0.39, 0.29) is 5.91 Å². The van der Waals surface area contributed by atoms with Crippen molar-refractivity contribution in [1.82, 2.24) is 24.8 Å². The van der Waals surface area contributed by atoms with Crippen LogP contribution in [0.3, 0.4) is 0 Å². The standard InChI is InChI=1S/C25H26N6O2/c32-24(27-10-4-11-30-12-8-19-5-1-2-7-22(19)30)21-18-28-25(31-13-15-33-16-14-31)29-23(21)20-6-3-9-26-17-20/h1-3,5-9,12,17-18H,4,10-11,13-16H2,(H,27,32). The minimum absolute atomic E-state index is 0.181. The van der Waals surface area contributed by atoms with E-state index in [1.807, 2.05) is 24.3 Å². The second kappa shape index (κ2) is 9.79. The van der Waals surface area contributed by atoms with Gasteiger partial charge in [0, 0.05) is 62.0 Å². The Kier molecular flexibility index (Phi) is 6.25. The predicted molar refractivity (Wildman–Crippen MR) is 127 cm³/mol. The number of aryl methyl sites for hydroxylation is 1. The lowest BCUT2D eigenvalue weighted by Gasteiger charge is -2.27. The molecule has 1 amide bonds. The van der Waals surface area contributed by atoms with Gasteiger partial charge >= 0.3 is 0 Å². The Bertz CT molecular complexity index is 1230. The maximum absolute atomic E-state index is 13.0. The Labute approximate surface area is 192 Å². The number of carbonyl (C=O) groups is 1. The number of hydrogen-bond acceptors (Lipinski definition) is 6. The van der Waals surface area contributed by atoms with Crippen LogP contribution in [0, 0.1) is 0 Å². The first kappa shape index (κ1) is 21.1. The van der Waals surface area contributed by atoms with Crippen LogP contribution < -0.4 is 10.2 Å². The van der Waals surface area contributed by atoms with E-state index >= 15 is 0 Å². The molecule has 4 aromatic rings. The Morgan fingerprint density at radius 1 is 1.06 bits per heavy atom. The zero-order chi connectivity index (χ0) is 22.5. The number of ether oxygens (including phenoxy) is 1. The van der Waals surface area contributed by atoms with Crippen molar-refractivity contribution in [1.29, 1.82) is 0 Å². The number of benzene rings is 1. The van der Waals surface area contributed by atoms with Crippen LogP contribution in [0.1, 0.15) is 16.8 Å². The van der Waals surface area contributed by atoms with Crippen LogP contribution in [0.5, 0.6) is 0 Å². The average Bonchev–Trinajstić information content (AvgIpc) is 3.30. The van der Waals surface area contributed by atoms with Crippen molar-refractivity contribution in [3.63, 3.8) is 0 Å². The van der Waals surface area contributed by atoms with E-state index in [9.17, 15) is 4.79 Å². The Morgan fingerprint density at radius 2 is 1.94 bits per heavy atom. The predicted octanol–water partition coefficient (Wildman–Crippen LogP) is 3.15. The second-order valence-corrected chi connectivity index (χ2v) is 7.95. The molecule has 8 nitrogen and oxygen atoms in total. The molecule has 1 fully saturated rings. The summed E-state index contributed by atoms with van der Waals surface area (Å²) < 4.78 is 7.64. The lowest BCUT2D eigenvalue weighted by atomic mass is 10.1. The van der Waals surface area contributed by atoms with Crippen molar-refractivity contribution >= 4 is 22.8 Å². The van der Waals surface area contributed by atoms with Crippen molar-refractivity contribution in [3.05, 3.63) is 72.8 Å². The fourth-order valence-electron chi connectivity index (χ4n) is 4.06. The number of fused-ring (bicyclic) bond motifs is 1. The van der Waals surface area contributed by atoms with E-state index in [1.165, 1.54) is 10.9 Å². The minimum Gasteiger partial charge on any atom is -0.378 e. The maximum Gasteiger partial charge on any atom is 0.255 e. The van der Waals surface area contributed by atoms with E-state index < -0.39 is 0 Å². The van der Waals surface area contributed by atoms with Gasteiger partial charge < -0.3 is 19.5 Å². The highest BCUT2D eigenvalue weighted by molar-refractivity contribution is 5.99. The molecule has 8 heteroatoms. The van der Waals surface area contributed by atoms with Crippen LogP contribution in [0.15, 0.2) is 67.3 Å². The van der Waals surface area contributed by atoms with E-state index in [2.05, 4.69) is 49.1 Å². The zero-order valence-corrected chi connectivity index (χ0v) is 18.4. The average molecular weight is 443 g/mol. The summed E-state index contributed by atoms with van der Waals surface area (Å²) in [4.78, 5) is 28.6. The van der Waals surface area contributed by atoms with Gasteiger partial charge in [-0.15, -0.1) is 0 Å². The molecule has 0 radical (unpaired) electrons. The monoisotopic (exact) mass is 442 g/mol. The summed E-state index contributed by atoms with van der Waals surface area (Å²) in [6.07, 6.45) is 7.96. The normalized spacial score (nSPS) is 13.9. The number of nitrogens with zero attached hydrogens (tertiary/aromatic N) is 5. The van der Waals surface area contributed by atoms with Gasteiger partial charge in [-0.25, -0.2) is 9.97 Å². The first-order chi connectivity index (χ1) is 16.3. The first-order valence-corrected chi connectivity index (χ1v) is 11.2. The molecule has 0 atom stereocenters. The zero-order valence-electron chi connectivity index (χ0n) is 18.4. The highest BCUT2D eigenvalue weighted by atomic mass is 16.5. The molecule has 0 aliphatic carbocycles. The van der Waals surface area contributed by atoms with Crippen LogP contribution in [0.4, 0.5) is 5.95 Å². The van der Waals surface area contributed by atoms with Crippen LogP contribution in [-0.4, -0.2) is 58.3 Å². The number of carbonyl (C=O) groups excluding carboxylic acids is 1. The molecule has 1 aliphatic heterocycles. The Balaban J connectivity index is 1.29. The van der Waals surface area contributed by atoms with Gasteiger partial charge in [0.1, 0.15) is 0 Å². The molecule has 0 bridgehead atoms. The van der Waals surface area contributed by atoms with Gasteiger partial charge in [0.25, 0.3) is 5.91 Å². The van der Waals surface area contributed by atoms with Crippen molar-refractivity contribution < 1.29 is 9.53 Å². The first-order valence-electron chi connectivity index (χ1n) is 11.2. The number of rotatable bonds is 7. The van der Waals surface area contributed by atoms with E-state index in [4.69, 9.17) is 9.72 Å². The number of aromatic nitrogens is 4. The van der Waals surface area contributed by atoms with Gasteiger partial charge in [-0.1, -0.05) is 18.2 Å². The van der Waals surface area contributed by atoms with Gasteiger partial charge in [0.05, 0.1) is 24.5 Å². The number of hydrogen-bond donors (Lipinski definition) is 1. The summed E-state index contributed by atoms with van der Waals surface area (Å²) >= 11 is 0. The molecule has 1 saturated heterocycles. The summed E-state index contributed by atoms with van der Waals surface area (Å²) in [6, 6.07) is 14.2. The second-order valence-electron chi connectivity index (χ2n) is 7.95. The molecule has 33 heavy (non-hydrogen) atoms. The molecule has 1 aromatic carbocycles. The summed E-state index contributed by atoms with van der Waals surface area (Å²) in [7, 11) is 0. The molecular weight excluding hydrogens is 416 g/mol. The number of morpholine rings is 1. The molecule has 0 unspecified atom stereocenters. The lowest BCUT2D eigenvalue weighted by molar-refractivity contribution is 0.0952. The van der Waals surface area contributed by atoms with Crippen LogP contribution in [-0.2, 0) is 11.3 Å². The minimum atomic E-state index is -0.181. The van der Waals surface area contributed by atoms with Crippen molar-refractivity contribution in [2.75, 3.05) is 37.7 Å². The summed E-state index contributed by atoms with van der Waals surface area (Å²) in [5.74, 6) is 0.424. The van der Waals surface area contributed by atoms with Crippen molar-refractivity contribution in [2.45, 2.75) is 13.0 Å². The van der Waals surface area contributed by atoms with Gasteiger partial charge in [0.2, 0.25) is 5.95 Å². The molecule has 0 spiro atoms. The molecule has 5 rings (SSSR count). The van der Waals surface area contributed by atoms with Crippen LogP contribution in [0.2, 0.25) is 0 Å². The van der Waals surface area contributed by atoms with Gasteiger partial charge in [-0.05, 0) is 36.1 Å². The highest BCUT2D eigenvalue weighted by Crippen LogP contribution is 2.23. The third-order valence-electron chi connectivity index (χ3n) is 5.79. The smallest absolute Gasteiger partial charge is 0.255 e. The molecule has 1 N–H and O–H groups in total. The topological polar surface area (TPSA) is 85.2 Å². The SMILES string of the molecule is O=C(NCCCn1ccc2ccccc21)c1cnc(N2CCOCC2)nc1-c1cccnc1. The molecule has 168 valence electrons. The van der Waals surface area contributed by atoms with E-state index in [0.29, 0.717) is 37.0 Å². The molecule has 1 aliphatic rings. The van der Waals surface area contributed by atoms with Crippen molar-refractivity contribution in [3.8, 4) is 11.3 Å². The summed E-state index contributed by atoms with van der Waals surface area (Å²) in [6.45, 7) is 4.13. The van der Waals surface area contributed by atoms with Gasteiger partial charge in [-0.3, -0.25) is 9.78 Å². The Hall–Kier alpha value is -3.78. The largest absolute Gasteiger partial charge is 0.378 e. The summed E-state index contributed by atoms with van der Waals surface area (Å²) in [5, 5.41) is 4.25. The van der Waals surface area contributed by atoms with E-state index in [1.54, 1.807) is 18.6 Å². The molecule has 0 saturated carbocycles. The summed E-state index contributed by atoms with van der Waals surface area (Å²) in [5.41, 5.74) is 3.04. The number of para-hydroxylation sites is 1. The fourth-order valence-corrected chi connectivity index (χ4v) is 4.06. The van der Waals surface area contributed by atoms with Gasteiger partial charge in [-0.2, -0.15) is 0 Å². The lowest BCUT2D eigenvalue weighted by Crippen LogP contribution is -2.37. The maximum atomic E-state index is 13.0. The van der Waals surface area contributed by atoms with Gasteiger partial charge in [0.15, 0.2) is 0 Å². The Morgan fingerprint density at radius 3 is 2.79 bits per heavy atom.